The lowest BCUT2D eigenvalue weighted by atomic mass is 10.2. The summed E-state index contributed by atoms with van der Waals surface area (Å²) in [7, 11) is 0. The number of aliphatic hydroxyl groups excluding tert-OH is 1. The van der Waals surface area contributed by atoms with Crippen molar-refractivity contribution in [3.05, 3.63) is 57.4 Å². The van der Waals surface area contributed by atoms with E-state index < -0.39 is 11.0 Å². The molecule has 0 amide bonds. The zero-order chi connectivity index (χ0) is 15.4. The van der Waals surface area contributed by atoms with Gasteiger partial charge in [-0.15, -0.1) is 0 Å². The number of para-hydroxylation sites is 1. The van der Waals surface area contributed by atoms with Crippen LogP contribution in [-0.2, 0) is 0 Å². The number of benzene rings is 1. The first-order valence-corrected chi connectivity index (χ1v) is 6.65. The molecule has 6 nitrogen and oxygen atoms in total. The maximum absolute atomic E-state index is 11.0. The first kappa shape index (κ1) is 15.2. The summed E-state index contributed by atoms with van der Waals surface area (Å²) in [6, 6.07) is 7.48. The van der Waals surface area contributed by atoms with E-state index in [0.29, 0.717) is 17.9 Å². The molecule has 2 rings (SSSR count). The first-order valence-electron chi connectivity index (χ1n) is 6.27. The quantitative estimate of drug-likeness (QED) is 0.669. The topological polar surface area (TPSA) is 85.5 Å². The van der Waals surface area contributed by atoms with Gasteiger partial charge in [-0.05, 0) is 24.6 Å². The van der Waals surface area contributed by atoms with Crippen LogP contribution in [0.2, 0.25) is 5.02 Å². The number of hydrogen-bond acceptors (Lipinski definition) is 5. The zero-order valence-corrected chi connectivity index (χ0v) is 11.9. The van der Waals surface area contributed by atoms with Crippen LogP contribution in [0.4, 0.5) is 5.69 Å². The minimum Gasteiger partial charge on any atom is -0.447 e. The third-order valence-corrected chi connectivity index (χ3v) is 3.15. The number of nitrogens with zero attached hydrogens (tertiary/aromatic N) is 2. The fourth-order valence-corrected chi connectivity index (χ4v) is 1.93. The summed E-state index contributed by atoms with van der Waals surface area (Å²) in [5, 5.41) is 20.8. The van der Waals surface area contributed by atoms with Gasteiger partial charge in [-0.1, -0.05) is 24.6 Å². The normalized spacial score (nSPS) is 12.0. The van der Waals surface area contributed by atoms with Crippen molar-refractivity contribution in [1.82, 2.24) is 4.98 Å². The summed E-state index contributed by atoms with van der Waals surface area (Å²) in [6.07, 6.45) is 1.29. The number of nitro benzene ring substituents is 1. The molecular formula is C14H13ClN2O4. The predicted molar refractivity (Wildman–Crippen MR) is 77.7 cm³/mol. The molecule has 110 valence electrons. The van der Waals surface area contributed by atoms with Crippen LogP contribution >= 0.6 is 11.6 Å². The number of halogens is 1. The Balaban J connectivity index is 2.28. The van der Waals surface area contributed by atoms with Gasteiger partial charge in [-0.2, -0.15) is 0 Å². The third kappa shape index (κ3) is 3.48. The van der Waals surface area contributed by atoms with Gasteiger partial charge in [0.05, 0.1) is 27.9 Å². The lowest BCUT2D eigenvalue weighted by Gasteiger charge is -2.10. The van der Waals surface area contributed by atoms with Crippen molar-refractivity contribution in [2.75, 3.05) is 0 Å². The van der Waals surface area contributed by atoms with Gasteiger partial charge in [0.2, 0.25) is 5.75 Å². The van der Waals surface area contributed by atoms with E-state index >= 15 is 0 Å². The van der Waals surface area contributed by atoms with Crippen molar-refractivity contribution in [3.8, 4) is 11.5 Å². The number of pyridine rings is 1. The van der Waals surface area contributed by atoms with Gasteiger partial charge in [-0.25, -0.2) is 0 Å². The standard InChI is InChI=1S/C14H13ClN2O4/c1-2-13(18)11-7-6-9(8-16-11)21-14-10(15)4-3-5-12(14)17(19)20/h3-8,13,18H,2H2,1H3/t13-/m0/s1. The fourth-order valence-electron chi connectivity index (χ4n) is 1.72. The second-order valence-electron chi connectivity index (χ2n) is 4.29. The summed E-state index contributed by atoms with van der Waals surface area (Å²) in [6.45, 7) is 1.84. The summed E-state index contributed by atoms with van der Waals surface area (Å²) < 4.78 is 5.45. The van der Waals surface area contributed by atoms with Crippen molar-refractivity contribution in [2.24, 2.45) is 0 Å². The predicted octanol–water partition coefficient (Wildman–Crippen LogP) is 3.88. The maximum atomic E-state index is 11.0. The highest BCUT2D eigenvalue weighted by molar-refractivity contribution is 6.32. The molecule has 0 aliphatic carbocycles. The van der Waals surface area contributed by atoms with Crippen LogP contribution in [0.1, 0.15) is 25.1 Å². The molecule has 0 radical (unpaired) electrons. The van der Waals surface area contributed by atoms with Gasteiger partial charge < -0.3 is 9.84 Å². The van der Waals surface area contributed by atoms with Gasteiger partial charge >= 0.3 is 5.69 Å². The Kier molecular flexibility index (Phi) is 4.72. The lowest BCUT2D eigenvalue weighted by Crippen LogP contribution is -1.99. The van der Waals surface area contributed by atoms with Crippen LogP contribution in [0.3, 0.4) is 0 Å². The Morgan fingerprint density at radius 1 is 1.43 bits per heavy atom. The maximum Gasteiger partial charge on any atom is 0.313 e. The van der Waals surface area contributed by atoms with Gasteiger partial charge in [0.15, 0.2) is 0 Å². The molecule has 0 saturated heterocycles. The Labute approximate surface area is 126 Å². The summed E-state index contributed by atoms with van der Waals surface area (Å²) in [5.74, 6) is 0.271. The van der Waals surface area contributed by atoms with Gasteiger partial charge in [-0.3, -0.25) is 15.1 Å². The number of rotatable bonds is 5. The molecule has 21 heavy (non-hydrogen) atoms. The molecule has 1 aromatic carbocycles. The highest BCUT2D eigenvalue weighted by atomic mass is 35.5. The molecule has 0 spiro atoms. The number of ether oxygens (including phenoxy) is 1. The van der Waals surface area contributed by atoms with Crippen LogP contribution in [0.5, 0.6) is 11.5 Å². The molecule has 1 atom stereocenters. The minimum absolute atomic E-state index is 0.0326. The Bertz CT molecular complexity index is 646. The van der Waals surface area contributed by atoms with E-state index in [0.717, 1.165) is 0 Å². The molecule has 1 N–H and O–H groups in total. The van der Waals surface area contributed by atoms with E-state index in [9.17, 15) is 15.2 Å². The summed E-state index contributed by atoms with van der Waals surface area (Å²) >= 11 is 5.94. The van der Waals surface area contributed by atoms with E-state index in [-0.39, 0.29) is 16.5 Å². The Morgan fingerprint density at radius 2 is 2.19 bits per heavy atom. The van der Waals surface area contributed by atoms with Crippen molar-refractivity contribution in [3.63, 3.8) is 0 Å². The zero-order valence-electron chi connectivity index (χ0n) is 11.2. The minimum atomic E-state index is -0.645. The average molecular weight is 309 g/mol. The number of nitro groups is 1. The first-order chi connectivity index (χ1) is 10.0. The molecule has 0 fully saturated rings. The fraction of sp³-hybridized carbons (Fsp3) is 0.214. The van der Waals surface area contributed by atoms with Gasteiger partial charge in [0.1, 0.15) is 5.75 Å². The second kappa shape index (κ2) is 6.51. The molecule has 0 unspecified atom stereocenters. The van der Waals surface area contributed by atoms with Crippen LogP contribution in [0, 0.1) is 10.1 Å². The van der Waals surface area contributed by atoms with E-state index in [1.54, 1.807) is 12.1 Å². The highest BCUT2D eigenvalue weighted by Crippen LogP contribution is 2.37. The lowest BCUT2D eigenvalue weighted by molar-refractivity contribution is -0.385. The van der Waals surface area contributed by atoms with Crippen LogP contribution in [0.15, 0.2) is 36.5 Å². The molecular weight excluding hydrogens is 296 g/mol. The number of aromatic nitrogens is 1. The van der Waals surface area contributed by atoms with Gasteiger partial charge in [0.25, 0.3) is 0 Å². The second-order valence-corrected chi connectivity index (χ2v) is 4.70. The van der Waals surface area contributed by atoms with E-state index in [1.165, 1.54) is 24.4 Å². The van der Waals surface area contributed by atoms with Crippen LogP contribution in [0.25, 0.3) is 0 Å². The van der Waals surface area contributed by atoms with Crippen molar-refractivity contribution in [1.29, 1.82) is 0 Å². The number of aliphatic hydroxyl groups is 1. The molecule has 1 heterocycles. The monoisotopic (exact) mass is 308 g/mol. The largest absolute Gasteiger partial charge is 0.447 e. The molecule has 2 aromatic rings. The molecule has 7 heteroatoms. The Morgan fingerprint density at radius 3 is 2.76 bits per heavy atom. The van der Waals surface area contributed by atoms with E-state index in [2.05, 4.69) is 4.98 Å². The smallest absolute Gasteiger partial charge is 0.313 e. The van der Waals surface area contributed by atoms with E-state index in [4.69, 9.17) is 16.3 Å². The van der Waals surface area contributed by atoms with Crippen LogP contribution in [-0.4, -0.2) is 15.0 Å². The van der Waals surface area contributed by atoms with Crippen molar-refractivity contribution >= 4 is 17.3 Å². The molecule has 0 saturated carbocycles. The van der Waals surface area contributed by atoms with Crippen molar-refractivity contribution < 1.29 is 14.8 Å². The van der Waals surface area contributed by atoms with E-state index in [1.807, 2.05) is 6.92 Å². The molecule has 0 bridgehead atoms. The highest BCUT2D eigenvalue weighted by Gasteiger charge is 2.19. The number of hydrogen-bond donors (Lipinski definition) is 1. The average Bonchev–Trinajstić information content (AvgIpc) is 2.49. The third-order valence-electron chi connectivity index (χ3n) is 2.85. The summed E-state index contributed by atoms with van der Waals surface area (Å²) in [5.41, 5.74) is 0.290. The van der Waals surface area contributed by atoms with Crippen molar-refractivity contribution in [2.45, 2.75) is 19.4 Å². The summed E-state index contributed by atoms with van der Waals surface area (Å²) in [4.78, 5) is 14.5. The van der Waals surface area contributed by atoms with Gasteiger partial charge in [0, 0.05) is 6.07 Å². The molecule has 1 aromatic heterocycles. The van der Waals surface area contributed by atoms with Crippen LogP contribution < -0.4 is 4.74 Å². The SMILES string of the molecule is CC[C@H](O)c1ccc(Oc2c(Cl)cccc2[N+](=O)[O-])cn1. The molecule has 0 aliphatic heterocycles. The molecule has 0 aliphatic rings. The Hall–Kier alpha value is -2.18.